The van der Waals surface area contributed by atoms with Crippen LogP contribution in [-0.4, -0.2) is 64.7 Å². The number of phenolic OH excluding ortho intramolecular Hbond substituents is 1. The third-order valence-corrected chi connectivity index (χ3v) is 6.14. The Kier molecular flexibility index (Phi) is 10.5. The minimum absolute atomic E-state index is 0.00212. The van der Waals surface area contributed by atoms with Gasteiger partial charge in [0.25, 0.3) is 0 Å². The predicted molar refractivity (Wildman–Crippen MR) is 148 cm³/mol. The smallest absolute Gasteiger partial charge is 0.408 e. The Hall–Kier alpha value is -4.08. The summed E-state index contributed by atoms with van der Waals surface area (Å²) in [7, 11) is 0. The second-order valence-corrected chi connectivity index (χ2v) is 10.7. The van der Waals surface area contributed by atoms with Crippen LogP contribution in [0.25, 0.3) is 0 Å². The monoisotopic (exact) mass is 553 g/mol. The molecule has 2 aromatic carbocycles. The molecule has 0 heterocycles. The lowest BCUT2D eigenvalue weighted by molar-refractivity contribution is -0.144. The fraction of sp³-hybridized carbons (Fsp3) is 0.467. The highest BCUT2D eigenvalue weighted by molar-refractivity contribution is 5.93. The number of benzene rings is 2. The highest BCUT2D eigenvalue weighted by Crippen LogP contribution is 2.36. The van der Waals surface area contributed by atoms with Crippen molar-refractivity contribution in [2.75, 3.05) is 13.2 Å². The van der Waals surface area contributed by atoms with Crippen LogP contribution in [-0.2, 0) is 30.3 Å². The van der Waals surface area contributed by atoms with Crippen LogP contribution in [0, 0.1) is 0 Å². The summed E-state index contributed by atoms with van der Waals surface area (Å²) in [6.07, 6.45) is 0.790. The van der Waals surface area contributed by atoms with Crippen molar-refractivity contribution in [2.45, 2.75) is 77.1 Å². The van der Waals surface area contributed by atoms with Crippen LogP contribution < -0.4 is 10.6 Å². The molecule has 2 aromatic rings. The van der Waals surface area contributed by atoms with E-state index < -0.39 is 41.6 Å². The summed E-state index contributed by atoms with van der Waals surface area (Å²) in [6.45, 7) is 7.20. The molecule has 0 aromatic heterocycles. The van der Waals surface area contributed by atoms with Gasteiger partial charge in [0.1, 0.15) is 23.4 Å². The Morgan fingerprint density at radius 2 is 1.68 bits per heavy atom. The average molecular weight is 554 g/mol. The van der Waals surface area contributed by atoms with Gasteiger partial charge in [0, 0.05) is 19.0 Å². The Morgan fingerprint density at radius 1 is 1.02 bits per heavy atom. The van der Waals surface area contributed by atoms with Crippen LogP contribution in [0.4, 0.5) is 4.79 Å². The molecule has 1 aliphatic carbocycles. The molecule has 2 unspecified atom stereocenters. The molecule has 0 aliphatic heterocycles. The summed E-state index contributed by atoms with van der Waals surface area (Å²) < 4.78 is 10.4. The lowest BCUT2D eigenvalue weighted by atomic mass is 10.00. The maximum Gasteiger partial charge on any atom is 0.408 e. The zero-order valence-corrected chi connectivity index (χ0v) is 23.5. The molecule has 40 heavy (non-hydrogen) atoms. The van der Waals surface area contributed by atoms with Gasteiger partial charge in [-0.05, 0) is 63.8 Å². The Balaban J connectivity index is 1.92. The van der Waals surface area contributed by atoms with Gasteiger partial charge in [0.15, 0.2) is 0 Å². The molecule has 0 spiro atoms. The highest BCUT2D eigenvalue weighted by atomic mass is 16.6. The van der Waals surface area contributed by atoms with Crippen LogP contribution in [0.15, 0.2) is 54.6 Å². The summed E-state index contributed by atoms with van der Waals surface area (Å²) in [5, 5.41) is 15.2. The first-order chi connectivity index (χ1) is 19.0. The van der Waals surface area contributed by atoms with Crippen molar-refractivity contribution in [1.82, 2.24) is 15.5 Å². The van der Waals surface area contributed by atoms with E-state index in [1.165, 1.54) is 17.0 Å². The second-order valence-electron chi connectivity index (χ2n) is 10.7. The van der Waals surface area contributed by atoms with E-state index in [9.17, 15) is 24.3 Å². The summed E-state index contributed by atoms with van der Waals surface area (Å²) in [5.74, 6) is -1.22. The van der Waals surface area contributed by atoms with Gasteiger partial charge < -0.3 is 30.1 Å². The standard InChI is InChI=1S/C30H39N3O7/c1-5-39-25(35)17-18-31-27(36)26(21-9-7-6-8-10-21)33(22-13-14-22)28(37)24(32-29(38)40-30(2,3)4)19-20-11-15-23(34)16-12-20/h6-12,15-16,22,24,26,34H,5,13-14,17-19H2,1-4H3,(H,31,36)(H,32,38). The SMILES string of the molecule is CCOC(=O)CCNC(=O)C(c1ccccc1)N(C(=O)C(Cc1ccc(O)cc1)NC(=O)OC(C)(C)C)C1CC1. The molecule has 1 saturated carbocycles. The number of phenols is 1. The number of carbonyl (C=O) groups excluding carboxylic acids is 4. The average Bonchev–Trinajstić information content (AvgIpc) is 3.72. The number of rotatable bonds is 12. The molecular formula is C30H39N3O7. The molecule has 3 amide bonds. The summed E-state index contributed by atoms with van der Waals surface area (Å²) in [5.41, 5.74) is 0.535. The van der Waals surface area contributed by atoms with Gasteiger partial charge in [-0.1, -0.05) is 42.5 Å². The van der Waals surface area contributed by atoms with Crippen molar-refractivity contribution in [2.24, 2.45) is 0 Å². The van der Waals surface area contributed by atoms with Gasteiger partial charge in [-0.25, -0.2) is 4.79 Å². The molecule has 216 valence electrons. The Labute approximate surface area is 235 Å². The topological polar surface area (TPSA) is 134 Å². The molecule has 1 aliphatic rings. The third-order valence-electron chi connectivity index (χ3n) is 6.14. The summed E-state index contributed by atoms with van der Waals surface area (Å²) >= 11 is 0. The van der Waals surface area contributed by atoms with E-state index >= 15 is 0 Å². The van der Waals surface area contributed by atoms with Crippen LogP contribution in [0.2, 0.25) is 0 Å². The van der Waals surface area contributed by atoms with Crippen molar-refractivity contribution in [3.05, 3.63) is 65.7 Å². The van der Waals surface area contributed by atoms with Crippen molar-refractivity contribution in [3.63, 3.8) is 0 Å². The quantitative estimate of drug-likeness (QED) is 0.342. The predicted octanol–water partition coefficient (Wildman–Crippen LogP) is 3.63. The van der Waals surface area contributed by atoms with Gasteiger partial charge in [-0.15, -0.1) is 0 Å². The number of esters is 1. The van der Waals surface area contributed by atoms with Gasteiger partial charge in [-0.3, -0.25) is 14.4 Å². The molecule has 10 heteroatoms. The first-order valence-electron chi connectivity index (χ1n) is 13.6. The maximum atomic E-state index is 14.2. The van der Waals surface area contributed by atoms with E-state index in [0.29, 0.717) is 24.0 Å². The van der Waals surface area contributed by atoms with Crippen LogP contribution in [0.5, 0.6) is 5.75 Å². The molecule has 3 N–H and O–H groups in total. The van der Waals surface area contributed by atoms with E-state index in [4.69, 9.17) is 9.47 Å². The van der Waals surface area contributed by atoms with E-state index in [-0.39, 0.29) is 37.8 Å². The lowest BCUT2D eigenvalue weighted by Gasteiger charge is -2.34. The number of alkyl carbamates (subject to hydrolysis) is 1. The normalized spacial score (nSPS) is 14.4. The number of hydrogen-bond acceptors (Lipinski definition) is 7. The zero-order valence-electron chi connectivity index (χ0n) is 23.5. The van der Waals surface area contributed by atoms with Crippen molar-refractivity contribution >= 4 is 23.9 Å². The molecule has 1 fully saturated rings. The number of aromatic hydroxyl groups is 1. The molecule has 0 saturated heterocycles. The Morgan fingerprint density at radius 3 is 2.25 bits per heavy atom. The lowest BCUT2D eigenvalue weighted by Crippen LogP contribution is -2.54. The highest BCUT2D eigenvalue weighted by Gasteiger charge is 2.44. The molecule has 10 nitrogen and oxygen atoms in total. The van der Waals surface area contributed by atoms with E-state index in [0.717, 1.165) is 0 Å². The number of nitrogens with one attached hydrogen (secondary N) is 2. The van der Waals surface area contributed by atoms with E-state index in [1.54, 1.807) is 64.1 Å². The van der Waals surface area contributed by atoms with Gasteiger partial charge in [-0.2, -0.15) is 0 Å². The number of ether oxygens (including phenoxy) is 2. The molecule has 0 bridgehead atoms. The summed E-state index contributed by atoms with van der Waals surface area (Å²) in [6, 6.07) is 13.1. The number of carbonyl (C=O) groups is 4. The van der Waals surface area contributed by atoms with Gasteiger partial charge in [0.2, 0.25) is 11.8 Å². The number of amides is 3. The number of nitrogens with zero attached hydrogens (tertiary/aromatic N) is 1. The van der Waals surface area contributed by atoms with Crippen molar-refractivity contribution in [1.29, 1.82) is 0 Å². The van der Waals surface area contributed by atoms with Gasteiger partial charge in [0.05, 0.1) is 13.0 Å². The van der Waals surface area contributed by atoms with Crippen LogP contribution >= 0.6 is 0 Å². The first kappa shape index (κ1) is 30.5. The second kappa shape index (κ2) is 13.8. The maximum absolute atomic E-state index is 14.2. The van der Waals surface area contributed by atoms with Crippen molar-refractivity contribution < 1.29 is 33.8 Å². The summed E-state index contributed by atoms with van der Waals surface area (Å²) in [4.78, 5) is 54.0. The number of hydrogen-bond donors (Lipinski definition) is 3. The zero-order chi connectivity index (χ0) is 29.3. The first-order valence-corrected chi connectivity index (χ1v) is 13.6. The van der Waals surface area contributed by atoms with Crippen LogP contribution in [0.1, 0.15) is 64.1 Å². The van der Waals surface area contributed by atoms with Gasteiger partial charge >= 0.3 is 12.1 Å². The molecular weight excluding hydrogens is 514 g/mol. The van der Waals surface area contributed by atoms with E-state index in [2.05, 4.69) is 10.6 Å². The third kappa shape index (κ3) is 9.29. The van der Waals surface area contributed by atoms with Crippen molar-refractivity contribution in [3.8, 4) is 5.75 Å². The van der Waals surface area contributed by atoms with Crippen LogP contribution in [0.3, 0.4) is 0 Å². The largest absolute Gasteiger partial charge is 0.508 e. The minimum Gasteiger partial charge on any atom is -0.508 e. The molecule has 0 radical (unpaired) electrons. The van der Waals surface area contributed by atoms with E-state index in [1.807, 2.05) is 6.07 Å². The Bertz CT molecular complexity index is 1160. The molecule has 2 atom stereocenters. The minimum atomic E-state index is -1.04. The molecule has 3 rings (SSSR count). The fourth-order valence-electron chi connectivity index (χ4n) is 4.26. The fourth-order valence-corrected chi connectivity index (χ4v) is 4.26.